The summed E-state index contributed by atoms with van der Waals surface area (Å²) in [4.78, 5) is 0. The van der Waals surface area contributed by atoms with Crippen molar-refractivity contribution in [3.8, 4) is 0 Å². The molecule has 5 heteroatoms. The Kier molecular flexibility index (Phi) is 4.27. The highest BCUT2D eigenvalue weighted by Crippen LogP contribution is 2.32. The van der Waals surface area contributed by atoms with Crippen molar-refractivity contribution in [2.45, 2.75) is 12.5 Å². The first kappa shape index (κ1) is 14.9. The van der Waals surface area contributed by atoms with Gasteiger partial charge in [0.1, 0.15) is 11.3 Å². The van der Waals surface area contributed by atoms with Crippen LogP contribution in [-0.2, 0) is 6.42 Å². The third-order valence-electron chi connectivity index (χ3n) is 3.37. The van der Waals surface area contributed by atoms with Crippen molar-refractivity contribution < 1.29 is 4.42 Å². The van der Waals surface area contributed by atoms with E-state index >= 15 is 0 Å². The fourth-order valence-corrected chi connectivity index (χ4v) is 3.29. The molecule has 0 amide bonds. The first-order chi connectivity index (χ1) is 10.1. The fourth-order valence-electron chi connectivity index (χ4n) is 2.28. The molecule has 0 radical (unpaired) electrons. The number of fused-ring (bicyclic) bond motifs is 1. The highest BCUT2D eigenvalue weighted by atomic mass is 79.9. The Morgan fingerprint density at radius 2 is 1.76 bits per heavy atom. The average molecular weight is 385 g/mol. The molecule has 108 valence electrons. The van der Waals surface area contributed by atoms with Crippen molar-refractivity contribution in [2.24, 2.45) is 5.73 Å². The van der Waals surface area contributed by atoms with Gasteiger partial charge in [-0.25, -0.2) is 0 Å². The maximum atomic E-state index is 6.25. The molecule has 1 heterocycles. The SMILES string of the molecule is NC(Cc1c(Cl)cccc1Cl)c1cc2cccc(Br)c2o1. The Bertz CT molecular complexity index is 780. The Hall–Kier alpha value is -1.00. The van der Waals surface area contributed by atoms with Crippen LogP contribution in [-0.4, -0.2) is 0 Å². The van der Waals surface area contributed by atoms with E-state index in [1.165, 1.54) is 0 Å². The zero-order chi connectivity index (χ0) is 15.0. The van der Waals surface area contributed by atoms with Crippen LogP contribution in [0.4, 0.5) is 0 Å². The van der Waals surface area contributed by atoms with Crippen molar-refractivity contribution in [1.29, 1.82) is 0 Å². The van der Waals surface area contributed by atoms with Crippen LogP contribution in [0.3, 0.4) is 0 Å². The van der Waals surface area contributed by atoms with Crippen LogP contribution >= 0.6 is 39.1 Å². The van der Waals surface area contributed by atoms with Gasteiger partial charge >= 0.3 is 0 Å². The van der Waals surface area contributed by atoms with Crippen LogP contribution in [0.2, 0.25) is 10.0 Å². The molecule has 0 aliphatic rings. The highest BCUT2D eigenvalue weighted by molar-refractivity contribution is 9.10. The highest BCUT2D eigenvalue weighted by Gasteiger charge is 2.17. The summed E-state index contributed by atoms with van der Waals surface area (Å²) in [5.74, 6) is 0.716. The van der Waals surface area contributed by atoms with E-state index in [9.17, 15) is 0 Å². The summed E-state index contributed by atoms with van der Waals surface area (Å²) in [7, 11) is 0. The number of furan rings is 1. The molecule has 2 N–H and O–H groups in total. The van der Waals surface area contributed by atoms with Gasteiger partial charge in [0.05, 0.1) is 10.5 Å². The van der Waals surface area contributed by atoms with Gasteiger partial charge in [-0.05, 0) is 52.2 Å². The number of para-hydroxylation sites is 1. The van der Waals surface area contributed by atoms with Gasteiger partial charge in [-0.2, -0.15) is 0 Å². The summed E-state index contributed by atoms with van der Waals surface area (Å²) in [6, 6.07) is 13.0. The van der Waals surface area contributed by atoms with Crippen LogP contribution in [0.5, 0.6) is 0 Å². The van der Waals surface area contributed by atoms with Crippen LogP contribution in [0, 0.1) is 0 Å². The second-order valence-corrected chi connectivity index (χ2v) is 6.49. The molecule has 0 fully saturated rings. The minimum absolute atomic E-state index is 0.304. The minimum Gasteiger partial charge on any atom is -0.458 e. The normalized spacial score (nSPS) is 12.8. The lowest BCUT2D eigenvalue weighted by molar-refractivity contribution is 0.493. The second kappa shape index (κ2) is 6.01. The third kappa shape index (κ3) is 2.97. The van der Waals surface area contributed by atoms with Crippen molar-refractivity contribution >= 4 is 50.1 Å². The van der Waals surface area contributed by atoms with Crippen molar-refractivity contribution in [1.82, 2.24) is 0 Å². The predicted octanol–water partition coefficient (Wildman–Crippen LogP) is 5.74. The van der Waals surface area contributed by atoms with Crippen LogP contribution in [0.1, 0.15) is 17.4 Å². The van der Waals surface area contributed by atoms with Gasteiger partial charge in [-0.1, -0.05) is 41.4 Å². The first-order valence-corrected chi connectivity index (χ1v) is 7.97. The van der Waals surface area contributed by atoms with E-state index in [0.717, 1.165) is 21.0 Å². The molecule has 0 aliphatic carbocycles. The molecule has 1 atom stereocenters. The van der Waals surface area contributed by atoms with E-state index in [1.807, 2.05) is 42.5 Å². The third-order valence-corrected chi connectivity index (χ3v) is 4.70. The maximum Gasteiger partial charge on any atom is 0.148 e. The van der Waals surface area contributed by atoms with E-state index in [-0.39, 0.29) is 6.04 Å². The topological polar surface area (TPSA) is 39.2 Å². The zero-order valence-electron chi connectivity index (χ0n) is 10.9. The van der Waals surface area contributed by atoms with Gasteiger partial charge < -0.3 is 10.2 Å². The number of halogens is 3. The van der Waals surface area contributed by atoms with E-state index in [2.05, 4.69) is 15.9 Å². The number of nitrogens with two attached hydrogens (primary N) is 1. The number of rotatable bonds is 3. The Morgan fingerprint density at radius 1 is 1.10 bits per heavy atom. The Balaban J connectivity index is 1.94. The predicted molar refractivity (Wildman–Crippen MR) is 91.0 cm³/mol. The molecule has 1 aromatic heterocycles. The monoisotopic (exact) mass is 383 g/mol. The van der Waals surface area contributed by atoms with Crippen LogP contribution in [0.25, 0.3) is 11.0 Å². The lowest BCUT2D eigenvalue weighted by Gasteiger charge is -2.11. The quantitative estimate of drug-likeness (QED) is 0.624. The molecule has 0 aliphatic heterocycles. The average Bonchev–Trinajstić information content (AvgIpc) is 2.88. The standard InChI is InChI=1S/C16H12BrCl2NO/c17-11-4-1-3-9-7-15(21-16(9)11)14(20)8-10-12(18)5-2-6-13(10)19/h1-7,14H,8,20H2. The summed E-state index contributed by atoms with van der Waals surface area (Å²) in [6.07, 6.45) is 0.524. The van der Waals surface area contributed by atoms with Gasteiger partial charge in [-0.3, -0.25) is 0 Å². The van der Waals surface area contributed by atoms with Crippen LogP contribution < -0.4 is 5.73 Å². The first-order valence-electron chi connectivity index (χ1n) is 6.42. The second-order valence-electron chi connectivity index (χ2n) is 4.82. The van der Waals surface area contributed by atoms with Crippen molar-refractivity contribution in [3.63, 3.8) is 0 Å². The molecule has 0 saturated heterocycles. The fraction of sp³-hybridized carbons (Fsp3) is 0.125. The van der Waals surface area contributed by atoms with Crippen molar-refractivity contribution in [2.75, 3.05) is 0 Å². The molecular formula is C16H12BrCl2NO. The molecule has 3 aromatic rings. The summed E-state index contributed by atoms with van der Waals surface area (Å²) >= 11 is 15.8. The molecule has 0 spiro atoms. The molecule has 3 rings (SSSR count). The zero-order valence-corrected chi connectivity index (χ0v) is 14.0. The molecular weight excluding hydrogens is 373 g/mol. The summed E-state index contributed by atoms with van der Waals surface area (Å²) < 4.78 is 6.77. The van der Waals surface area contributed by atoms with Gasteiger partial charge in [0.2, 0.25) is 0 Å². The number of benzene rings is 2. The molecule has 21 heavy (non-hydrogen) atoms. The Labute approximate surface area is 141 Å². The minimum atomic E-state index is -0.304. The van der Waals surface area contributed by atoms with Gasteiger partial charge in [-0.15, -0.1) is 0 Å². The van der Waals surface area contributed by atoms with E-state index in [0.29, 0.717) is 22.2 Å². The lowest BCUT2D eigenvalue weighted by atomic mass is 10.0. The summed E-state index contributed by atoms with van der Waals surface area (Å²) in [5.41, 5.74) is 7.89. The van der Waals surface area contributed by atoms with Gasteiger partial charge in [0, 0.05) is 15.4 Å². The lowest BCUT2D eigenvalue weighted by Crippen LogP contribution is -2.13. The van der Waals surface area contributed by atoms with Crippen LogP contribution in [0.15, 0.2) is 51.4 Å². The smallest absolute Gasteiger partial charge is 0.148 e. The summed E-state index contributed by atoms with van der Waals surface area (Å²) in [5, 5.41) is 2.26. The molecule has 1 unspecified atom stereocenters. The largest absolute Gasteiger partial charge is 0.458 e. The van der Waals surface area contributed by atoms with E-state index in [4.69, 9.17) is 33.4 Å². The van der Waals surface area contributed by atoms with E-state index in [1.54, 1.807) is 0 Å². The molecule has 2 nitrogen and oxygen atoms in total. The summed E-state index contributed by atoms with van der Waals surface area (Å²) in [6.45, 7) is 0. The molecule has 0 bridgehead atoms. The number of hydrogen-bond acceptors (Lipinski definition) is 2. The van der Waals surface area contributed by atoms with Crippen molar-refractivity contribution in [3.05, 3.63) is 68.3 Å². The maximum absolute atomic E-state index is 6.25. The van der Waals surface area contributed by atoms with Gasteiger partial charge in [0.25, 0.3) is 0 Å². The Morgan fingerprint density at radius 3 is 2.43 bits per heavy atom. The molecule has 0 saturated carbocycles. The molecule has 2 aromatic carbocycles. The van der Waals surface area contributed by atoms with Gasteiger partial charge in [0.15, 0.2) is 0 Å². The number of hydrogen-bond donors (Lipinski definition) is 1. The van der Waals surface area contributed by atoms with E-state index < -0.39 is 0 Å².